The Morgan fingerprint density at radius 1 is 1.05 bits per heavy atom. The molecular weight excluding hydrogens is 263 g/mol. The molecule has 2 aromatic carbocycles. The fraction of sp³-hybridized carbons (Fsp3) is 0.333. The van der Waals surface area contributed by atoms with Crippen LogP contribution in [0.4, 0.5) is 4.39 Å². The number of nitrogens with two attached hydrogens (primary N) is 1. The lowest BCUT2D eigenvalue weighted by molar-refractivity contribution is 0.352. The molecule has 2 rings (SSSR count). The van der Waals surface area contributed by atoms with E-state index < -0.39 is 0 Å². The zero-order valence-electron chi connectivity index (χ0n) is 12.9. The van der Waals surface area contributed by atoms with Crippen LogP contribution in [0.2, 0.25) is 0 Å². The second-order valence-corrected chi connectivity index (χ2v) is 5.92. The van der Waals surface area contributed by atoms with E-state index in [2.05, 4.69) is 50.5 Å². The highest BCUT2D eigenvalue weighted by molar-refractivity contribution is 5.33. The standard InChI is InChI=1S/C18H23FN2/c1-4-13-5-7-14(8-6-13)17(21-20)18(2,3)15-9-11-16(19)12-10-15/h5-12,17,21H,4,20H2,1-3H3. The van der Waals surface area contributed by atoms with E-state index in [0.717, 1.165) is 17.5 Å². The predicted molar refractivity (Wildman–Crippen MR) is 85.3 cm³/mol. The second kappa shape index (κ2) is 6.37. The molecule has 0 fully saturated rings. The number of aryl methyl sites for hydroxylation is 1. The van der Waals surface area contributed by atoms with Crippen LogP contribution in [-0.4, -0.2) is 0 Å². The Labute approximate surface area is 126 Å². The third kappa shape index (κ3) is 3.31. The zero-order valence-corrected chi connectivity index (χ0v) is 12.9. The van der Waals surface area contributed by atoms with Crippen molar-refractivity contribution in [2.24, 2.45) is 5.84 Å². The van der Waals surface area contributed by atoms with Gasteiger partial charge in [0.15, 0.2) is 0 Å². The van der Waals surface area contributed by atoms with Crippen molar-refractivity contribution in [3.05, 3.63) is 71.0 Å². The van der Waals surface area contributed by atoms with E-state index in [0.29, 0.717) is 0 Å². The fourth-order valence-electron chi connectivity index (χ4n) is 2.71. The lowest BCUT2D eigenvalue weighted by atomic mass is 9.75. The highest BCUT2D eigenvalue weighted by Crippen LogP contribution is 2.36. The van der Waals surface area contributed by atoms with E-state index in [1.807, 2.05) is 12.1 Å². The molecule has 0 saturated heterocycles. The van der Waals surface area contributed by atoms with Crippen LogP contribution in [-0.2, 0) is 11.8 Å². The van der Waals surface area contributed by atoms with Crippen molar-refractivity contribution in [2.75, 3.05) is 0 Å². The fourth-order valence-corrected chi connectivity index (χ4v) is 2.71. The highest BCUT2D eigenvalue weighted by Gasteiger charge is 2.31. The Morgan fingerprint density at radius 3 is 2.10 bits per heavy atom. The van der Waals surface area contributed by atoms with Gasteiger partial charge in [-0.15, -0.1) is 0 Å². The Bertz CT molecular complexity index is 573. The minimum Gasteiger partial charge on any atom is -0.271 e. The Hall–Kier alpha value is -1.71. The molecule has 0 aliphatic heterocycles. The van der Waals surface area contributed by atoms with Gasteiger partial charge in [-0.1, -0.05) is 57.2 Å². The van der Waals surface area contributed by atoms with Gasteiger partial charge in [-0.3, -0.25) is 11.3 Å². The van der Waals surface area contributed by atoms with E-state index in [4.69, 9.17) is 5.84 Å². The molecule has 3 N–H and O–H groups in total. The molecule has 0 aliphatic rings. The van der Waals surface area contributed by atoms with Gasteiger partial charge in [0, 0.05) is 5.41 Å². The number of benzene rings is 2. The Kier molecular flexibility index (Phi) is 4.76. The van der Waals surface area contributed by atoms with E-state index in [1.54, 1.807) is 0 Å². The first-order valence-corrected chi connectivity index (χ1v) is 7.30. The van der Waals surface area contributed by atoms with Gasteiger partial charge in [0.05, 0.1) is 6.04 Å². The normalized spacial score (nSPS) is 13.2. The van der Waals surface area contributed by atoms with Crippen LogP contribution in [0, 0.1) is 5.82 Å². The van der Waals surface area contributed by atoms with Gasteiger partial charge in [0.2, 0.25) is 0 Å². The minimum atomic E-state index is -0.254. The summed E-state index contributed by atoms with van der Waals surface area (Å²) in [7, 11) is 0. The maximum atomic E-state index is 13.1. The Balaban J connectivity index is 2.35. The van der Waals surface area contributed by atoms with Gasteiger partial charge in [0.25, 0.3) is 0 Å². The topological polar surface area (TPSA) is 38.0 Å². The molecule has 0 aromatic heterocycles. The lowest BCUT2D eigenvalue weighted by Crippen LogP contribution is -2.41. The van der Waals surface area contributed by atoms with Crippen LogP contribution in [0.3, 0.4) is 0 Å². The largest absolute Gasteiger partial charge is 0.271 e. The number of hydrogen-bond donors (Lipinski definition) is 2. The molecule has 3 heteroatoms. The third-order valence-corrected chi connectivity index (χ3v) is 4.20. The van der Waals surface area contributed by atoms with Crippen LogP contribution < -0.4 is 11.3 Å². The summed E-state index contributed by atoms with van der Waals surface area (Å²) in [5.41, 5.74) is 6.14. The molecule has 0 heterocycles. The molecule has 112 valence electrons. The lowest BCUT2D eigenvalue weighted by Gasteiger charge is -2.35. The van der Waals surface area contributed by atoms with E-state index in [9.17, 15) is 4.39 Å². The van der Waals surface area contributed by atoms with Gasteiger partial charge in [0.1, 0.15) is 5.82 Å². The summed E-state index contributed by atoms with van der Waals surface area (Å²) < 4.78 is 13.1. The SMILES string of the molecule is CCc1ccc(C(NN)C(C)(C)c2ccc(F)cc2)cc1. The molecule has 1 unspecified atom stereocenters. The molecule has 2 nitrogen and oxygen atoms in total. The molecule has 2 aromatic rings. The molecule has 0 amide bonds. The van der Waals surface area contributed by atoms with Crippen LogP contribution in [0.1, 0.15) is 43.5 Å². The minimum absolute atomic E-state index is 0.0473. The van der Waals surface area contributed by atoms with E-state index in [1.165, 1.54) is 17.7 Å². The number of hydrogen-bond acceptors (Lipinski definition) is 2. The molecule has 0 saturated carbocycles. The van der Waals surface area contributed by atoms with E-state index in [-0.39, 0.29) is 17.3 Å². The van der Waals surface area contributed by atoms with Crippen molar-refractivity contribution >= 4 is 0 Å². The van der Waals surface area contributed by atoms with Crippen molar-refractivity contribution in [1.82, 2.24) is 5.43 Å². The van der Waals surface area contributed by atoms with Crippen molar-refractivity contribution in [2.45, 2.75) is 38.6 Å². The number of rotatable bonds is 5. The van der Waals surface area contributed by atoms with Crippen molar-refractivity contribution in [3.8, 4) is 0 Å². The first-order valence-electron chi connectivity index (χ1n) is 7.30. The number of nitrogens with one attached hydrogen (secondary N) is 1. The molecule has 0 bridgehead atoms. The quantitative estimate of drug-likeness (QED) is 0.647. The summed E-state index contributed by atoms with van der Waals surface area (Å²) in [6.07, 6.45) is 1.02. The molecule has 1 atom stereocenters. The van der Waals surface area contributed by atoms with Gasteiger partial charge in [-0.2, -0.15) is 0 Å². The molecule has 0 spiro atoms. The Morgan fingerprint density at radius 2 is 1.62 bits per heavy atom. The summed E-state index contributed by atoms with van der Waals surface area (Å²) in [6.45, 7) is 6.35. The first-order chi connectivity index (χ1) is 9.98. The number of hydrazine groups is 1. The summed E-state index contributed by atoms with van der Waals surface area (Å²) in [5, 5.41) is 0. The summed E-state index contributed by atoms with van der Waals surface area (Å²) in [5.74, 6) is 5.58. The zero-order chi connectivity index (χ0) is 15.5. The number of halogens is 1. The monoisotopic (exact) mass is 286 g/mol. The summed E-state index contributed by atoms with van der Waals surface area (Å²) in [4.78, 5) is 0. The summed E-state index contributed by atoms with van der Waals surface area (Å²) >= 11 is 0. The smallest absolute Gasteiger partial charge is 0.123 e. The van der Waals surface area contributed by atoms with Crippen molar-refractivity contribution in [1.29, 1.82) is 0 Å². The summed E-state index contributed by atoms with van der Waals surface area (Å²) in [6, 6.07) is 15.0. The van der Waals surface area contributed by atoms with Crippen LogP contribution in [0.25, 0.3) is 0 Å². The van der Waals surface area contributed by atoms with Crippen LogP contribution >= 0.6 is 0 Å². The average molecular weight is 286 g/mol. The third-order valence-electron chi connectivity index (χ3n) is 4.20. The average Bonchev–Trinajstić information content (AvgIpc) is 2.49. The predicted octanol–water partition coefficient (Wildman–Crippen LogP) is 3.87. The highest BCUT2D eigenvalue weighted by atomic mass is 19.1. The van der Waals surface area contributed by atoms with Gasteiger partial charge in [-0.05, 0) is 35.2 Å². The van der Waals surface area contributed by atoms with Gasteiger partial charge in [-0.25, -0.2) is 4.39 Å². The van der Waals surface area contributed by atoms with Crippen molar-refractivity contribution in [3.63, 3.8) is 0 Å². The molecule has 21 heavy (non-hydrogen) atoms. The molecular formula is C18H23FN2. The maximum absolute atomic E-state index is 13.1. The first kappa shape index (κ1) is 15.7. The second-order valence-electron chi connectivity index (χ2n) is 5.92. The molecule has 0 aliphatic carbocycles. The van der Waals surface area contributed by atoms with Crippen LogP contribution in [0.5, 0.6) is 0 Å². The molecule has 0 radical (unpaired) electrons. The van der Waals surface area contributed by atoms with Crippen LogP contribution in [0.15, 0.2) is 48.5 Å². The van der Waals surface area contributed by atoms with E-state index >= 15 is 0 Å². The maximum Gasteiger partial charge on any atom is 0.123 e. The van der Waals surface area contributed by atoms with Gasteiger partial charge < -0.3 is 0 Å². The van der Waals surface area contributed by atoms with Gasteiger partial charge >= 0.3 is 0 Å². The van der Waals surface area contributed by atoms with Crippen molar-refractivity contribution < 1.29 is 4.39 Å².